The largest absolute Gasteiger partial charge is 0.345 e. The first-order valence-electron chi connectivity index (χ1n) is 8.51. The highest BCUT2D eigenvalue weighted by molar-refractivity contribution is 7.92. The molecule has 24 heavy (non-hydrogen) atoms. The molecule has 128 valence electrons. The summed E-state index contributed by atoms with van der Waals surface area (Å²) in [5.74, 6) is -0.110. The molecule has 1 aromatic carbocycles. The van der Waals surface area contributed by atoms with Crippen molar-refractivity contribution in [2.45, 2.75) is 42.6 Å². The van der Waals surface area contributed by atoms with E-state index in [-0.39, 0.29) is 16.4 Å². The molecule has 1 saturated carbocycles. The van der Waals surface area contributed by atoms with Crippen molar-refractivity contribution in [2.24, 2.45) is 0 Å². The number of H-pyrrole nitrogens is 1. The molecule has 4 rings (SSSR count). The van der Waals surface area contributed by atoms with E-state index in [9.17, 15) is 13.2 Å². The van der Waals surface area contributed by atoms with Gasteiger partial charge in [-0.15, -0.1) is 0 Å². The number of carbonyl (C=O) groups is 1. The van der Waals surface area contributed by atoms with Crippen LogP contribution in [0.4, 0.5) is 0 Å². The number of nitrogens with one attached hydrogen (secondary N) is 1. The van der Waals surface area contributed by atoms with Gasteiger partial charge >= 0.3 is 0 Å². The number of hydrogen-bond acceptors (Lipinski definition) is 4. The van der Waals surface area contributed by atoms with Crippen LogP contribution in [-0.2, 0) is 9.84 Å². The average molecular weight is 347 g/mol. The molecule has 1 aliphatic heterocycles. The Labute approximate surface area is 141 Å². The molecule has 7 heteroatoms. The third kappa shape index (κ3) is 2.60. The number of sulfone groups is 1. The maximum atomic E-state index is 12.7. The SMILES string of the molecule is O=C(c1ccc2nc[nH]c2c1)N1CC(S(=O)(=O)C2CCCCC2)C1. The molecule has 2 fully saturated rings. The number of fused-ring (bicyclic) bond motifs is 1. The Morgan fingerprint density at radius 3 is 2.62 bits per heavy atom. The molecule has 0 unspecified atom stereocenters. The average Bonchev–Trinajstić information content (AvgIpc) is 3.01. The molecule has 1 aromatic heterocycles. The molecule has 1 N–H and O–H groups in total. The molecule has 0 spiro atoms. The Hall–Kier alpha value is -1.89. The third-order valence-electron chi connectivity index (χ3n) is 5.28. The van der Waals surface area contributed by atoms with Gasteiger partial charge in [0.1, 0.15) is 0 Å². The van der Waals surface area contributed by atoms with Gasteiger partial charge in [0.25, 0.3) is 5.91 Å². The van der Waals surface area contributed by atoms with Crippen LogP contribution in [0.25, 0.3) is 11.0 Å². The Bertz CT molecular complexity index is 862. The topological polar surface area (TPSA) is 83.1 Å². The Morgan fingerprint density at radius 2 is 1.88 bits per heavy atom. The molecule has 0 atom stereocenters. The van der Waals surface area contributed by atoms with E-state index in [1.807, 2.05) is 0 Å². The normalized spacial score (nSPS) is 20.2. The van der Waals surface area contributed by atoms with Crippen molar-refractivity contribution < 1.29 is 13.2 Å². The van der Waals surface area contributed by atoms with Crippen molar-refractivity contribution in [3.63, 3.8) is 0 Å². The van der Waals surface area contributed by atoms with Gasteiger partial charge in [0.15, 0.2) is 9.84 Å². The molecule has 2 heterocycles. The minimum atomic E-state index is -3.11. The van der Waals surface area contributed by atoms with Gasteiger partial charge in [0.2, 0.25) is 0 Å². The van der Waals surface area contributed by atoms with Crippen molar-refractivity contribution in [3.8, 4) is 0 Å². The van der Waals surface area contributed by atoms with Crippen LogP contribution in [-0.4, -0.2) is 52.8 Å². The lowest BCUT2D eigenvalue weighted by Crippen LogP contribution is -2.58. The maximum Gasteiger partial charge on any atom is 0.254 e. The molecule has 1 saturated heterocycles. The van der Waals surface area contributed by atoms with Gasteiger partial charge in [0, 0.05) is 18.7 Å². The zero-order valence-electron chi connectivity index (χ0n) is 13.4. The van der Waals surface area contributed by atoms with E-state index >= 15 is 0 Å². The Balaban J connectivity index is 1.43. The molecule has 2 aromatic rings. The highest BCUT2D eigenvalue weighted by Crippen LogP contribution is 2.30. The van der Waals surface area contributed by atoms with E-state index in [2.05, 4.69) is 9.97 Å². The molecule has 0 bridgehead atoms. The number of hydrogen-bond donors (Lipinski definition) is 1. The van der Waals surface area contributed by atoms with Gasteiger partial charge in [-0.1, -0.05) is 19.3 Å². The van der Waals surface area contributed by atoms with E-state index in [4.69, 9.17) is 0 Å². The number of likely N-dealkylation sites (tertiary alicyclic amines) is 1. The fraction of sp³-hybridized carbons (Fsp3) is 0.529. The summed E-state index contributed by atoms with van der Waals surface area (Å²) in [5.41, 5.74) is 2.20. The predicted molar refractivity (Wildman–Crippen MR) is 91.6 cm³/mol. The second-order valence-electron chi connectivity index (χ2n) is 6.82. The lowest BCUT2D eigenvalue weighted by molar-refractivity contribution is 0.0658. The van der Waals surface area contributed by atoms with Crippen LogP contribution in [0.5, 0.6) is 0 Å². The van der Waals surface area contributed by atoms with Crippen molar-refractivity contribution in [1.29, 1.82) is 0 Å². The van der Waals surface area contributed by atoms with Gasteiger partial charge in [-0.2, -0.15) is 0 Å². The summed E-state index contributed by atoms with van der Waals surface area (Å²) in [6.07, 6.45) is 6.30. The minimum Gasteiger partial charge on any atom is -0.345 e. The van der Waals surface area contributed by atoms with Gasteiger partial charge in [-0.05, 0) is 31.0 Å². The number of rotatable bonds is 3. The van der Waals surface area contributed by atoms with Crippen LogP contribution in [0.3, 0.4) is 0 Å². The van der Waals surface area contributed by atoms with Crippen molar-refractivity contribution >= 4 is 26.8 Å². The lowest BCUT2D eigenvalue weighted by atomic mass is 10.0. The molecule has 2 aliphatic rings. The van der Waals surface area contributed by atoms with Crippen molar-refractivity contribution in [1.82, 2.24) is 14.9 Å². The lowest BCUT2D eigenvalue weighted by Gasteiger charge is -2.40. The van der Waals surface area contributed by atoms with Gasteiger partial charge in [0.05, 0.1) is 27.9 Å². The quantitative estimate of drug-likeness (QED) is 0.922. The van der Waals surface area contributed by atoms with Crippen LogP contribution in [0.2, 0.25) is 0 Å². The Kier molecular flexibility index (Phi) is 3.83. The molecular formula is C17H21N3O3S. The highest BCUT2D eigenvalue weighted by atomic mass is 32.2. The van der Waals surface area contributed by atoms with Crippen LogP contribution in [0, 0.1) is 0 Å². The van der Waals surface area contributed by atoms with E-state index in [1.165, 1.54) is 0 Å². The Morgan fingerprint density at radius 1 is 1.12 bits per heavy atom. The van der Waals surface area contributed by atoms with E-state index in [0.29, 0.717) is 18.7 Å². The smallest absolute Gasteiger partial charge is 0.254 e. The number of carbonyl (C=O) groups excluding carboxylic acids is 1. The minimum absolute atomic E-state index is 0.110. The summed E-state index contributed by atoms with van der Waals surface area (Å²) in [5, 5.41) is -0.588. The number of nitrogens with zero attached hydrogens (tertiary/aromatic N) is 2. The second kappa shape index (κ2) is 5.88. The molecule has 1 aliphatic carbocycles. The van der Waals surface area contributed by atoms with Crippen LogP contribution in [0.15, 0.2) is 24.5 Å². The molecule has 6 nitrogen and oxygen atoms in total. The van der Waals surface area contributed by atoms with E-state index < -0.39 is 9.84 Å². The summed E-state index contributed by atoms with van der Waals surface area (Å²) in [7, 11) is -3.11. The summed E-state index contributed by atoms with van der Waals surface area (Å²) < 4.78 is 25.3. The van der Waals surface area contributed by atoms with Gasteiger partial charge in [-0.25, -0.2) is 13.4 Å². The predicted octanol–water partition coefficient (Wildman–Crippen LogP) is 2.13. The number of benzene rings is 1. The van der Waals surface area contributed by atoms with Crippen LogP contribution >= 0.6 is 0 Å². The molecule has 0 radical (unpaired) electrons. The third-order valence-corrected chi connectivity index (χ3v) is 7.91. The van der Waals surface area contributed by atoms with Crippen LogP contribution in [0.1, 0.15) is 42.5 Å². The van der Waals surface area contributed by atoms with Gasteiger partial charge < -0.3 is 9.88 Å². The van der Waals surface area contributed by atoms with Crippen molar-refractivity contribution in [2.75, 3.05) is 13.1 Å². The van der Waals surface area contributed by atoms with E-state index in [1.54, 1.807) is 29.4 Å². The summed E-state index contributed by atoms with van der Waals surface area (Å²) in [6.45, 7) is 0.636. The first-order valence-corrected chi connectivity index (χ1v) is 10.1. The molecule has 1 amide bonds. The first kappa shape index (κ1) is 15.6. The fourth-order valence-corrected chi connectivity index (χ4v) is 6.04. The zero-order valence-corrected chi connectivity index (χ0v) is 14.3. The molecular weight excluding hydrogens is 326 g/mol. The van der Waals surface area contributed by atoms with Gasteiger partial charge in [-0.3, -0.25) is 4.79 Å². The fourth-order valence-electron chi connectivity index (χ4n) is 3.73. The number of amides is 1. The summed E-state index contributed by atoms with van der Waals surface area (Å²) >= 11 is 0. The zero-order chi connectivity index (χ0) is 16.7. The number of aromatic nitrogens is 2. The first-order chi connectivity index (χ1) is 11.6. The highest BCUT2D eigenvalue weighted by Gasteiger charge is 2.43. The monoisotopic (exact) mass is 347 g/mol. The standard InChI is InChI=1S/C17H21N3O3S/c21-17(12-6-7-15-16(8-12)19-11-18-15)20-9-14(10-20)24(22,23)13-4-2-1-3-5-13/h6-8,11,13-14H,1-5,9-10H2,(H,18,19). The van der Waals surface area contributed by atoms with Crippen molar-refractivity contribution in [3.05, 3.63) is 30.1 Å². The number of aromatic amines is 1. The number of imidazole rings is 1. The van der Waals surface area contributed by atoms with Crippen LogP contribution < -0.4 is 0 Å². The second-order valence-corrected chi connectivity index (χ2v) is 9.33. The maximum absolute atomic E-state index is 12.7. The summed E-state index contributed by atoms with van der Waals surface area (Å²) in [4.78, 5) is 21.3. The summed E-state index contributed by atoms with van der Waals surface area (Å²) in [6, 6.07) is 5.32. The van der Waals surface area contributed by atoms with E-state index in [0.717, 1.165) is 43.1 Å².